The molecule has 0 atom stereocenters. The zero-order chi connectivity index (χ0) is 14.1. The first-order valence-corrected chi connectivity index (χ1v) is 7.25. The summed E-state index contributed by atoms with van der Waals surface area (Å²) in [5.41, 5.74) is 2.96. The molecule has 1 amide bonds. The molecule has 0 bridgehead atoms. The van der Waals surface area contributed by atoms with Crippen LogP contribution in [0.5, 0.6) is 0 Å². The minimum Gasteiger partial charge on any atom is -0.385 e. The Balaban J connectivity index is 2.46. The van der Waals surface area contributed by atoms with Gasteiger partial charge in [-0.25, -0.2) is 0 Å². The summed E-state index contributed by atoms with van der Waals surface area (Å²) in [6, 6.07) is 5.78. The van der Waals surface area contributed by atoms with Gasteiger partial charge in [-0.3, -0.25) is 4.79 Å². The molecule has 0 heterocycles. The number of benzene rings is 1. The minimum absolute atomic E-state index is 0.0361. The number of amides is 1. The van der Waals surface area contributed by atoms with E-state index in [1.165, 1.54) is 37.7 Å². The van der Waals surface area contributed by atoms with Crippen LogP contribution in [0.2, 0.25) is 0 Å². The Kier molecular flexibility index (Phi) is 7.01. The molecule has 0 aliphatic carbocycles. The summed E-state index contributed by atoms with van der Waals surface area (Å²) >= 11 is 0. The SMILES string of the molecule is CCCCCCCNc1cc(C(=O)NC)ccc1C. The molecule has 1 aromatic carbocycles. The summed E-state index contributed by atoms with van der Waals surface area (Å²) in [4.78, 5) is 11.6. The van der Waals surface area contributed by atoms with Crippen LogP contribution in [0.3, 0.4) is 0 Å². The fourth-order valence-electron chi connectivity index (χ4n) is 2.05. The second-order valence-electron chi connectivity index (χ2n) is 4.95. The van der Waals surface area contributed by atoms with E-state index in [1.54, 1.807) is 7.05 Å². The lowest BCUT2D eigenvalue weighted by atomic mass is 10.1. The number of hydrogen-bond donors (Lipinski definition) is 2. The van der Waals surface area contributed by atoms with Gasteiger partial charge in [0.2, 0.25) is 0 Å². The normalized spacial score (nSPS) is 10.3. The second kappa shape index (κ2) is 8.57. The molecule has 0 saturated carbocycles. The number of anilines is 1. The Labute approximate surface area is 116 Å². The summed E-state index contributed by atoms with van der Waals surface area (Å²) in [7, 11) is 1.66. The molecule has 0 fully saturated rings. The molecular formula is C16H26N2O. The lowest BCUT2D eigenvalue weighted by Crippen LogP contribution is -2.18. The van der Waals surface area contributed by atoms with Gasteiger partial charge in [0, 0.05) is 24.8 Å². The smallest absolute Gasteiger partial charge is 0.251 e. The highest BCUT2D eigenvalue weighted by atomic mass is 16.1. The van der Waals surface area contributed by atoms with Crippen LogP contribution in [0.1, 0.15) is 54.9 Å². The minimum atomic E-state index is -0.0361. The Hall–Kier alpha value is -1.51. The lowest BCUT2D eigenvalue weighted by Gasteiger charge is -2.11. The maximum Gasteiger partial charge on any atom is 0.251 e. The maximum absolute atomic E-state index is 11.6. The number of carbonyl (C=O) groups excluding carboxylic acids is 1. The number of hydrogen-bond acceptors (Lipinski definition) is 2. The van der Waals surface area contributed by atoms with Crippen LogP contribution in [0.15, 0.2) is 18.2 Å². The van der Waals surface area contributed by atoms with Gasteiger partial charge in [0.25, 0.3) is 5.91 Å². The van der Waals surface area contributed by atoms with E-state index in [1.807, 2.05) is 18.2 Å². The van der Waals surface area contributed by atoms with Gasteiger partial charge in [-0.2, -0.15) is 0 Å². The van der Waals surface area contributed by atoms with Crippen molar-refractivity contribution in [2.75, 3.05) is 18.9 Å². The molecule has 0 saturated heterocycles. The van der Waals surface area contributed by atoms with Gasteiger partial charge in [-0.05, 0) is 31.0 Å². The summed E-state index contributed by atoms with van der Waals surface area (Å²) in [6.07, 6.45) is 6.38. The van der Waals surface area contributed by atoms with Crippen molar-refractivity contribution in [2.45, 2.75) is 46.0 Å². The van der Waals surface area contributed by atoms with Crippen molar-refractivity contribution in [1.82, 2.24) is 5.32 Å². The molecule has 19 heavy (non-hydrogen) atoms. The van der Waals surface area contributed by atoms with E-state index in [9.17, 15) is 4.79 Å². The van der Waals surface area contributed by atoms with Gasteiger partial charge in [0.1, 0.15) is 0 Å². The zero-order valence-electron chi connectivity index (χ0n) is 12.4. The van der Waals surface area contributed by atoms with Crippen LogP contribution in [0.4, 0.5) is 5.69 Å². The fourth-order valence-corrected chi connectivity index (χ4v) is 2.05. The van der Waals surface area contributed by atoms with Crippen molar-refractivity contribution in [3.8, 4) is 0 Å². The molecule has 0 aliphatic heterocycles. The summed E-state index contributed by atoms with van der Waals surface area (Å²) in [6.45, 7) is 5.26. The van der Waals surface area contributed by atoms with Gasteiger partial charge < -0.3 is 10.6 Å². The molecule has 2 N–H and O–H groups in total. The zero-order valence-corrected chi connectivity index (χ0v) is 12.4. The average molecular weight is 262 g/mol. The van der Waals surface area contributed by atoms with E-state index in [4.69, 9.17) is 0 Å². The molecule has 3 nitrogen and oxygen atoms in total. The van der Waals surface area contributed by atoms with E-state index in [0.717, 1.165) is 12.2 Å². The van der Waals surface area contributed by atoms with Crippen LogP contribution in [-0.2, 0) is 0 Å². The van der Waals surface area contributed by atoms with Crippen LogP contribution in [0.25, 0.3) is 0 Å². The molecule has 0 unspecified atom stereocenters. The quantitative estimate of drug-likeness (QED) is 0.701. The van der Waals surface area contributed by atoms with Crippen molar-refractivity contribution < 1.29 is 4.79 Å². The van der Waals surface area contributed by atoms with Gasteiger partial charge in [-0.15, -0.1) is 0 Å². The van der Waals surface area contributed by atoms with E-state index < -0.39 is 0 Å². The predicted molar refractivity (Wildman–Crippen MR) is 81.8 cm³/mol. The molecule has 1 aromatic rings. The Morgan fingerprint density at radius 3 is 2.58 bits per heavy atom. The monoisotopic (exact) mass is 262 g/mol. The van der Waals surface area contributed by atoms with Crippen molar-refractivity contribution >= 4 is 11.6 Å². The average Bonchev–Trinajstić information content (AvgIpc) is 2.43. The second-order valence-corrected chi connectivity index (χ2v) is 4.95. The molecule has 1 rings (SSSR count). The van der Waals surface area contributed by atoms with E-state index in [-0.39, 0.29) is 5.91 Å². The van der Waals surface area contributed by atoms with Crippen LogP contribution >= 0.6 is 0 Å². The van der Waals surface area contributed by atoms with Crippen LogP contribution in [0, 0.1) is 6.92 Å². The molecule has 0 aliphatic rings. The van der Waals surface area contributed by atoms with Crippen LogP contribution in [-0.4, -0.2) is 19.5 Å². The maximum atomic E-state index is 11.6. The molecule has 0 spiro atoms. The Morgan fingerprint density at radius 2 is 1.89 bits per heavy atom. The highest BCUT2D eigenvalue weighted by Gasteiger charge is 2.05. The van der Waals surface area contributed by atoms with Gasteiger partial charge >= 0.3 is 0 Å². The fraction of sp³-hybridized carbons (Fsp3) is 0.562. The standard InChI is InChI=1S/C16H26N2O/c1-4-5-6-7-8-11-18-15-12-14(16(19)17-3)10-9-13(15)2/h9-10,12,18H,4-8,11H2,1-3H3,(H,17,19). The van der Waals surface area contributed by atoms with Crippen LogP contribution < -0.4 is 10.6 Å². The van der Waals surface area contributed by atoms with Crippen molar-refractivity contribution in [3.63, 3.8) is 0 Å². The molecule has 0 radical (unpaired) electrons. The number of unbranched alkanes of at least 4 members (excludes halogenated alkanes) is 4. The van der Waals surface area contributed by atoms with Gasteiger partial charge in [0.05, 0.1) is 0 Å². The third-order valence-corrected chi connectivity index (χ3v) is 3.32. The molecule has 3 heteroatoms. The topological polar surface area (TPSA) is 41.1 Å². The Bertz CT molecular complexity index is 402. The highest BCUT2D eigenvalue weighted by Crippen LogP contribution is 2.17. The van der Waals surface area contributed by atoms with Crippen molar-refractivity contribution in [2.24, 2.45) is 0 Å². The third-order valence-electron chi connectivity index (χ3n) is 3.32. The summed E-state index contributed by atoms with van der Waals surface area (Å²) < 4.78 is 0. The lowest BCUT2D eigenvalue weighted by molar-refractivity contribution is 0.0963. The Morgan fingerprint density at radius 1 is 1.16 bits per heavy atom. The summed E-state index contributed by atoms with van der Waals surface area (Å²) in [5.74, 6) is -0.0361. The number of nitrogens with one attached hydrogen (secondary N) is 2. The highest BCUT2D eigenvalue weighted by molar-refractivity contribution is 5.95. The first-order valence-electron chi connectivity index (χ1n) is 7.25. The van der Waals surface area contributed by atoms with E-state index >= 15 is 0 Å². The van der Waals surface area contributed by atoms with Crippen molar-refractivity contribution in [1.29, 1.82) is 0 Å². The van der Waals surface area contributed by atoms with E-state index in [2.05, 4.69) is 24.5 Å². The first kappa shape index (κ1) is 15.5. The van der Waals surface area contributed by atoms with Gasteiger partial charge in [0.15, 0.2) is 0 Å². The van der Waals surface area contributed by atoms with E-state index in [0.29, 0.717) is 5.56 Å². The number of aryl methyl sites for hydroxylation is 1. The number of rotatable bonds is 8. The molecule has 0 aromatic heterocycles. The van der Waals surface area contributed by atoms with Gasteiger partial charge in [-0.1, -0.05) is 38.7 Å². The number of carbonyl (C=O) groups is 1. The molecular weight excluding hydrogens is 236 g/mol. The van der Waals surface area contributed by atoms with Crippen molar-refractivity contribution in [3.05, 3.63) is 29.3 Å². The molecule has 106 valence electrons. The predicted octanol–water partition coefficient (Wildman–Crippen LogP) is 3.74. The largest absolute Gasteiger partial charge is 0.385 e. The summed E-state index contributed by atoms with van der Waals surface area (Å²) in [5, 5.41) is 6.08. The first-order chi connectivity index (χ1) is 9.19. The third kappa shape index (κ3) is 5.33.